The lowest BCUT2D eigenvalue weighted by Crippen LogP contribution is -2.23. The molecule has 32 heavy (non-hydrogen) atoms. The molecule has 0 radical (unpaired) electrons. The number of hydrogen-bond donors (Lipinski definition) is 2. The molecule has 0 aliphatic heterocycles. The van der Waals surface area contributed by atoms with Crippen molar-refractivity contribution in [2.24, 2.45) is 0 Å². The van der Waals surface area contributed by atoms with Gasteiger partial charge in [0.25, 0.3) is 0 Å². The van der Waals surface area contributed by atoms with Crippen LogP contribution in [0.15, 0.2) is 78.9 Å². The van der Waals surface area contributed by atoms with Gasteiger partial charge in [-0.3, -0.25) is 4.79 Å². The molecule has 0 saturated carbocycles. The van der Waals surface area contributed by atoms with E-state index < -0.39 is 0 Å². The van der Waals surface area contributed by atoms with E-state index in [0.29, 0.717) is 34.6 Å². The minimum Gasteiger partial charge on any atom is -0.508 e. The van der Waals surface area contributed by atoms with E-state index in [-0.39, 0.29) is 36.3 Å². The van der Waals surface area contributed by atoms with Gasteiger partial charge in [0.2, 0.25) is 5.91 Å². The Morgan fingerprint density at radius 2 is 1.66 bits per heavy atom. The van der Waals surface area contributed by atoms with Gasteiger partial charge in [-0.1, -0.05) is 24.3 Å². The topological polar surface area (TPSA) is 67.2 Å². The van der Waals surface area contributed by atoms with E-state index in [1.54, 1.807) is 53.2 Å². The molecule has 0 aliphatic carbocycles. The third kappa shape index (κ3) is 5.18. The SMILES string of the molecule is O=C(CCc1cc(-c2cccc(F)c2)n(-c2ccc(O)cc2)n1)NCc1cccc(F)c1. The lowest BCUT2D eigenvalue weighted by atomic mass is 10.1. The first-order valence-electron chi connectivity index (χ1n) is 10.1. The first-order valence-corrected chi connectivity index (χ1v) is 10.1. The molecule has 0 saturated heterocycles. The van der Waals surface area contributed by atoms with Gasteiger partial charge in [0.1, 0.15) is 17.4 Å². The molecule has 0 spiro atoms. The van der Waals surface area contributed by atoms with Gasteiger partial charge in [-0.05, 0) is 60.2 Å². The molecule has 0 bridgehead atoms. The number of amides is 1. The van der Waals surface area contributed by atoms with Crippen molar-refractivity contribution >= 4 is 5.91 Å². The smallest absolute Gasteiger partial charge is 0.220 e. The predicted octanol–water partition coefficient (Wildman–Crippen LogP) is 4.77. The summed E-state index contributed by atoms with van der Waals surface area (Å²) in [6, 6.07) is 20.6. The van der Waals surface area contributed by atoms with Crippen LogP contribution in [0, 0.1) is 11.6 Å². The van der Waals surface area contributed by atoms with Gasteiger partial charge in [0.05, 0.1) is 17.1 Å². The van der Waals surface area contributed by atoms with E-state index in [9.17, 15) is 18.7 Å². The normalized spacial score (nSPS) is 10.8. The number of nitrogens with zero attached hydrogens (tertiary/aromatic N) is 2. The summed E-state index contributed by atoms with van der Waals surface area (Å²) in [5.41, 5.74) is 3.36. The second-order valence-corrected chi connectivity index (χ2v) is 7.37. The number of benzene rings is 3. The number of phenolic OH excluding ortho intramolecular Hbond substituents is 1. The highest BCUT2D eigenvalue weighted by molar-refractivity contribution is 5.76. The number of aromatic hydroxyl groups is 1. The Hall–Kier alpha value is -4.00. The van der Waals surface area contributed by atoms with Gasteiger partial charge in [-0.15, -0.1) is 0 Å². The molecule has 4 aromatic rings. The van der Waals surface area contributed by atoms with Crippen LogP contribution >= 0.6 is 0 Å². The molecule has 2 N–H and O–H groups in total. The number of carbonyl (C=O) groups is 1. The zero-order valence-corrected chi connectivity index (χ0v) is 17.1. The zero-order chi connectivity index (χ0) is 22.5. The molecular formula is C25H21F2N3O2. The van der Waals surface area contributed by atoms with E-state index in [0.717, 1.165) is 0 Å². The summed E-state index contributed by atoms with van der Waals surface area (Å²) in [6.45, 7) is 0.243. The first-order chi connectivity index (χ1) is 15.5. The van der Waals surface area contributed by atoms with E-state index in [2.05, 4.69) is 10.4 Å². The van der Waals surface area contributed by atoms with Crippen LogP contribution < -0.4 is 5.32 Å². The first kappa shape index (κ1) is 21.2. The maximum atomic E-state index is 13.8. The minimum absolute atomic E-state index is 0.128. The predicted molar refractivity (Wildman–Crippen MR) is 117 cm³/mol. The number of aryl methyl sites for hydroxylation is 1. The van der Waals surface area contributed by atoms with Crippen LogP contribution in [0.4, 0.5) is 8.78 Å². The number of aromatic nitrogens is 2. The van der Waals surface area contributed by atoms with Crippen molar-refractivity contribution in [3.63, 3.8) is 0 Å². The highest BCUT2D eigenvalue weighted by Crippen LogP contribution is 2.26. The molecule has 1 heterocycles. The summed E-state index contributed by atoms with van der Waals surface area (Å²) >= 11 is 0. The maximum absolute atomic E-state index is 13.8. The van der Waals surface area contributed by atoms with Crippen LogP contribution in [0.5, 0.6) is 5.75 Å². The van der Waals surface area contributed by atoms with Gasteiger partial charge >= 0.3 is 0 Å². The van der Waals surface area contributed by atoms with E-state index in [1.807, 2.05) is 6.07 Å². The van der Waals surface area contributed by atoms with Gasteiger partial charge < -0.3 is 10.4 Å². The fraction of sp³-hybridized carbons (Fsp3) is 0.120. The highest BCUT2D eigenvalue weighted by atomic mass is 19.1. The molecule has 7 heteroatoms. The number of phenols is 1. The molecule has 0 aliphatic rings. The van der Waals surface area contributed by atoms with E-state index >= 15 is 0 Å². The Kier molecular flexibility index (Phi) is 6.26. The fourth-order valence-corrected chi connectivity index (χ4v) is 3.37. The summed E-state index contributed by atoms with van der Waals surface area (Å²) in [7, 11) is 0. The number of halogens is 2. The molecule has 4 rings (SSSR count). The van der Waals surface area contributed by atoms with Crippen LogP contribution in [0.3, 0.4) is 0 Å². The maximum Gasteiger partial charge on any atom is 0.220 e. The van der Waals surface area contributed by atoms with Crippen molar-refractivity contribution < 1.29 is 18.7 Å². The fourth-order valence-electron chi connectivity index (χ4n) is 3.37. The standard InChI is InChI=1S/C25H21F2N3O2/c26-19-5-1-3-17(13-19)16-28-25(32)12-7-21-15-24(18-4-2-6-20(27)14-18)30(29-21)22-8-10-23(31)11-9-22/h1-6,8-11,13-15,31H,7,12,16H2,(H,28,32). The van der Waals surface area contributed by atoms with Crippen molar-refractivity contribution in [1.29, 1.82) is 0 Å². The third-order valence-electron chi connectivity index (χ3n) is 4.96. The number of carbonyl (C=O) groups excluding carboxylic acids is 1. The van der Waals surface area contributed by atoms with Crippen molar-refractivity contribution in [3.05, 3.63) is 102 Å². The van der Waals surface area contributed by atoms with Crippen LogP contribution in [-0.2, 0) is 17.8 Å². The molecule has 1 aromatic heterocycles. The van der Waals surface area contributed by atoms with Crippen molar-refractivity contribution in [2.45, 2.75) is 19.4 Å². The Labute approximate surface area is 184 Å². The number of nitrogens with one attached hydrogen (secondary N) is 1. The van der Waals surface area contributed by atoms with E-state index in [4.69, 9.17) is 0 Å². The molecular weight excluding hydrogens is 412 g/mol. The molecule has 0 unspecified atom stereocenters. The van der Waals surface area contributed by atoms with Crippen molar-refractivity contribution in [2.75, 3.05) is 0 Å². The third-order valence-corrected chi connectivity index (χ3v) is 4.96. The second kappa shape index (κ2) is 9.43. The molecule has 5 nitrogen and oxygen atoms in total. The largest absolute Gasteiger partial charge is 0.508 e. The van der Waals surface area contributed by atoms with Crippen LogP contribution in [0.2, 0.25) is 0 Å². The van der Waals surface area contributed by atoms with Gasteiger partial charge in [-0.2, -0.15) is 5.10 Å². The molecule has 0 atom stereocenters. The molecule has 162 valence electrons. The number of rotatable bonds is 7. The Balaban J connectivity index is 1.50. The molecule has 0 fully saturated rings. The van der Waals surface area contributed by atoms with E-state index in [1.165, 1.54) is 24.3 Å². The van der Waals surface area contributed by atoms with Gasteiger partial charge in [-0.25, -0.2) is 13.5 Å². The Morgan fingerprint density at radius 1 is 0.938 bits per heavy atom. The summed E-state index contributed by atoms with van der Waals surface area (Å²) in [5, 5.41) is 17.0. The minimum atomic E-state index is -0.362. The van der Waals surface area contributed by atoms with Crippen molar-refractivity contribution in [3.8, 4) is 22.7 Å². The van der Waals surface area contributed by atoms with Crippen LogP contribution in [-0.4, -0.2) is 20.8 Å². The summed E-state index contributed by atoms with van der Waals surface area (Å²) in [4.78, 5) is 12.3. The van der Waals surface area contributed by atoms with Crippen molar-refractivity contribution in [1.82, 2.24) is 15.1 Å². The lowest BCUT2D eigenvalue weighted by molar-refractivity contribution is -0.121. The van der Waals surface area contributed by atoms with Crippen LogP contribution in [0.1, 0.15) is 17.7 Å². The Bertz CT molecular complexity index is 1240. The quantitative estimate of drug-likeness (QED) is 0.441. The molecule has 1 amide bonds. The average molecular weight is 433 g/mol. The second-order valence-electron chi connectivity index (χ2n) is 7.37. The average Bonchev–Trinajstić information content (AvgIpc) is 3.21. The van der Waals surface area contributed by atoms with Gasteiger partial charge in [0.15, 0.2) is 0 Å². The zero-order valence-electron chi connectivity index (χ0n) is 17.1. The summed E-state index contributed by atoms with van der Waals surface area (Å²) in [5.74, 6) is -0.759. The summed E-state index contributed by atoms with van der Waals surface area (Å²) in [6.07, 6.45) is 0.576. The number of hydrogen-bond acceptors (Lipinski definition) is 3. The monoisotopic (exact) mass is 433 g/mol. The summed E-state index contributed by atoms with van der Waals surface area (Å²) < 4.78 is 28.7. The highest BCUT2D eigenvalue weighted by Gasteiger charge is 2.14. The van der Waals surface area contributed by atoms with Gasteiger partial charge in [0, 0.05) is 24.9 Å². The lowest BCUT2D eigenvalue weighted by Gasteiger charge is -2.08. The Morgan fingerprint density at radius 3 is 2.38 bits per heavy atom. The van der Waals surface area contributed by atoms with Crippen LogP contribution in [0.25, 0.3) is 16.9 Å². The molecule has 3 aromatic carbocycles.